The number of halogens is 4. The number of amides is 2. The standard InChI is InChI=1S/C20H18ClN3O3.C10H7ClN2O.C10H12ClNO2.CH3F.CH2O3.2Cs.H/c1-2-27-20(26)22-17-5-3-4-14(12-17)13-24-19(25)11-10-18(23-24)15-6-8-16(21)9-7-15;11-8-3-1-7(2-4-8)9-5-6-10(14)13-12-9;1-2-14-10(13)12-9-5-3-4-8(6-9)7-11;1-2;2-1-4-3;;;/h3-12H,2,13H2,1H3,(H,22,26);1-6H,(H,13,14);3-6H,2,7H2,1H3,(H,12,13);1H3;1,3H;;;/q;;;;;2*+1;-1/p-1/i;;;1D;;;;. The Kier molecular flexibility index (Phi) is 33.2. The maximum Gasteiger partial charge on any atom is 1.00 e. The molecular formula is C42H42Cl3Cs2FN6O9. The van der Waals surface area contributed by atoms with Crippen LogP contribution in [0.2, 0.25) is 10.0 Å². The van der Waals surface area contributed by atoms with Gasteiger partial charge in [0.25, 0.3) is 17.6 Å². The molecule has 324 valence electrons. The first-order valence-electron chi connectivity index (χ1n) is 18.4. The second-order valence-electron chi connectivity index (χ2n) is 11.5. The molecule has 0 aliphatic carbocycles. The number of H-pyrrole nitrogens is 1. The molecule has 6 rings (SSSR count). The second-order valence-corrected chi connectivity index (χ2v) is 12.6. The number of ether oxygens (including phenoxy) is 2. The van der Waals surface area contributed by atoms with E-state index in [0.29, 0.717) is 46.2 Å². The predicted molar refractivity (Wildman–Crippen MR) is 232 cm³/mol. The van der Waals surface area contributed by atoms with Gasteiger partial charge in [0.05, 0.1) is 39.7 Å². The van der Waals surface area contributed by atoms with Crippen LogP contribution in [0.4, 0.5) is 25.4 Å². The zero-order chi connectivity index (χ0) is 45.7. The fraction of sp³-hybridized carbons (Fsp3) is 0.167. The molecule has 2 aromatic heterocycles. The van der Waals surface area contributed by atoms with Gasteiger partial charge in [-0.25, -0.2) is 19.4 Å². The van der Waals surface area contributed by atoms with E-state index in [9.17, 15) is 23.6 Å². The van der Waals surface area contributed by atoms with Crippen molar-refractivity contribution in [3.8, 4) is 22.5 Å². The van der Waals surface area contributed by atoms with Crippen molar-refractivity contribution in [2.45, 2.75) is 26.3 Å². The molecule has 2 amide bonds. The molecule has 0 spiro atoms. The molecule has 0 radical (unpaired) electrons. The summed E-state index contributed by atoms with van der Waals surface area (Å²) in [5.74, 6) is 0.429. The third-order valence-electron chi connectivity index (χ3n) is 7.25. The fourth-order valence-electron chi connectivity index (χ4n) is 4.69. The van der Waals surface area contributed by atoms with Gasteiger partial charge in [-0.2, -0.15) is 10.2 Å². The number of hydrogen-bond acceptors (Lipinski definition) is 11. The smallest absolute Gasteiger partial charge is 1.00 e. The summed E-state index contributed by atoms with van der Waals surface area (Å²) in [7, 11) is -1.00. The van der Waals surface area contributed by atoms with E-state index in [2.05, 4.69) is 30.8 Å². The molecule has 6 aromatic rings. The van der Waals surface area contributed by atoms with Crippen LogP contribution in [0.15, 0.2) is 131 Å². The Bertz CT molecular complexity index is 2390. The first kappa shape index (κ1) is 58.5. The number of nitrogens with one attached hydrogen (secondary N) is 3. The molecule has 0 aliphatic heterocycles. The summed E-state index contributed by atoms with van der Waals surface area (Å²) >= 11 is 17.3. The minimum atomic E-state index is -1.00. The molecule has 3 N–H and O–H groups in total. The SMILES string of the molecule is CCOC(=O)Nc1cccc(CCl)c1.CCOC(=O)Nc1cccc(Cn2nc(-c3ccc(Cl)cc3)ccc2=O)c1.O=CO[O-].O=c1ccc(-c2ccc(Cl)cc2)n[nH]1.[2H]CF.[Cs+].[Cs+].[H-]. The molecule has 2 heterocycles. The van der Waals surface area contributed by atoms with Gasteiger partial charge >= 0.3 is 150 Å². The van der Waals surface area contributed by atoms with Crippen LogP contribution in [-0.2, 0) is 31.6 Å². The van der Waals surface area contributed by atoms with Crippen LogP contribution in [0.1, 0.15) is 27.8 Å². The van der Waals surface area contributed by atoms with Crippen LogP contribution in [-0.4, -0.2) is 59.0 Å². The van der Waals surface area contributed by atoms with Gasteiger partial charge < -0.3 is 21.0 Å². The summed E-state index contributed by atoms with van der Waals surface area (Å²) in [6.07, 6.45) is -0.964. The predicted octanol–water partition coefficient (Wildman–Crippen LogP) is 2.41. The van der Waals surface area contributed by atoms with Crippen LogP contribution in [0.3, 0.4) is 0 Å². The van der Waals surface area contributed by atoms with Crippen LogP contribution >= 0.6 is 34.8 Å². The third-order valence-corrected chi connectivity index (χ3v) is 8.06. The molecule has 0 saturated carbocycles. The number of hydrogen-bond donors (Lipinski definition) is 3. The van der Waals surface area contributed by atoms with Gasteiger partial charge in [0.2, 0.25) is 0 Å². The number of benzene rings is 4. The Balaban J connectivity index is 0. The summed E-state index contributed by atoms with van der Waals surface area (Å²) < 4.78 is 26.5. The van der Waals surface area contributed by atoms with Gasteiger partial charge in [-0.3, -0.25) is 29.4 Å². The summed E-state index contributed by atoms with van der Waals surface area (Å²) in [5, 5.41) is 25.7. The molecule has 0 unspecified atom stereocenters. The molecule has 63 heavy (non-hydrogen) atoms. The van der Waals surface area contributed by atoms with Crippen molar-refractivity contribution < 1.29 is 179 Å². The monoisotopic (exact) mass is 1170 g/mol. The van der Waals surface area contributed by atoms with Crippen molar-refractivity contribution in [2.24, 2.45) is 0 Å². The van der Waals surface area contributed by atoms with Crippen molar-refractivity contribution in [3.63, 3.8) is 0 Å². The average molecular weight is 1170 g/mol. The number of aromatic nitrogens is 4. The third kappa shape index (κ3) is 24.6. The summed E-state index contributed by atoms with van der Waals surface area (Å²) in [4.78, 5) is 56.8. The van der Waals surface area contributed by atoms with Crippen molar-refractivity contribution in [2.75, 3.05) is 31.0 Å². The number of rotatable bonds is 10. The van der Waals surface area contributed by atoms with Crippen molar-refractivity contribution >= 4 is 64.8 Å². The Morgan fingerprint density at radius 1 is 0.794 bits per heavy atom. The van der Waals surface area contributed by atoms with E-state index < -0.39 is 19.3 Å². The van der Waals surface area contributed by atoms with E-state index in [1.54, 1.807) is 74.5 Å². The van der Waals surface area contributed by atoms with Crippen molar-refractivity contribution in [1.29, 1.82) is 0 Å². The molecular weight excluding hydrogens is 1120 g/mol. The summed E-state index contributed by atoms with van der Waals surface area (Å²) in [6.45, 7) is 4.25. The quantitative estimate of drug-likeness (QED) is 0.0787. The number of nitrogens with zero attached hydrogens (tertiary/aromatic N) is 3. The van der Waals surface area contributed by atoms with E-state index >= 15 is 0 Å². The Hall–Kier alpha value is -2.49. The minimum absolute atomic E-state index is 0. The van der Waals surface area contributed by atoms with E-state index in [1.165, 1.54) is 16.8 Å². The normalized spacial score (nSPS) is 9.48. The molecule has 4 aromatic carbocycles. The molecule has 0 fully saturated rings. The molecule has 21 heteroatoms. The Morgan fingerprint density at radius 2 is 1.25 bits per heavy atom. The zero-order valence-corrected chi connectivity index (χ0v) is 49.5. The van der Waals surface area contributed by atoms with Gasteiger partial charge in [-0.1, -0.05) is 71.7 Å². The van der Waals surface area contributed by atoms with Gasteiger partial charge in [-0.15, -0.1) is 11.6 Å². The molecule has 0 bridgehead atoms. The number of carbonyl (C=O) groups is 3. The fourth-order valence-corrected chi connectivity index (χ4v) is 5.10. The second kappa shape index (κ2) is 35.7. The maximum atomic E-state index is 12.2. The van der Waals surface area contributed by atoms with E-state index in [4.69, 9.17) is 55.7 Å². The van der Waals surface area contributed by atoms with E-state index in [0.717, 1.165) is 27.9 Å². The van der Waals surface area contributed by atoms with Gasteiger partial charge in [0.15, 0.2) is 0 Å². The van der Waals surface area contributed by atoms with Crippen LogP contribution in [0, 0.1) is 0 Å². The molecule has 0 aliphatic rings. The molecule has 15 nitrogen and oxygen atoms in total. The van der Waals surface area contributed by atoms with Crippen molar-refractivity contribution in [1.82, 2.24) is 20.0 Å². The van der Waals surface area contributed by atoms with Gasteiger partial charge in [0, 0.05) is 50.6 Å². The Labute approximate surface area is 498 Å². The summed E-state index contributed by atoms with van der Waals surface area (Å²) in [6, 6.07) is 35.3. The number of anilines is 2. The van der Waals surface area contributed by atoms with Crippen LogP contribution < -0.4 is 165 Å². The first-order chi connectivity index (χ1) is 29.9. The van der Waals surface area contributed by atoms with E-state index in [-0.39, 0.29) is 163 Å². The first-order valence-corrected chi connectivity index (χ1v) is 19.0. The van der Waals surface area contributed by atoms with Crippen LogP contribution in [0.5, 0.6) is 0 Å². The minimum Gasteiger partial charge on any atom is -1.00 e. The van der Waals surface area contributed by atoms with Gasteiger partial charge in [0.1, 0.15) is 0 Å². The largest absolute Gasteiger partial charge is 1.00 e. The number of alkyl halides is 2. The molecule has 0 saturated heterocycles. The number of carbonyl (C=O) groups excluding carboxylic acids is 3. The van der Waals surface area contributed by atoms with Crippen LogP contribution in [0.25, 0.3) is 22.5 Å². The zero-order valence-electron chi connectivity index (χ0n) is 36.7. The summed E-state index contributed by atoms with van der Waals surface area (Å²) in [5.41, 5.74) is 5.84. The number of aromatic amines is 1. The van der Waals surface area contributed by atoms with E-state index in [1.807, 2.05) is 48.5 Å². The average Bonchev–Trinajstić information content (AvgIpc) is 3.26. The topological polar surface area (TPSA) is 207 Å². The van der Waals surface area contributed by atoms with Crippen molar-refractivity contribution in [3.05, 3.63) is 163 Å². The van der Waals surface area contributed by atoms with Gasteiger partial charge in [-0.05, 0) is 85.6 Å². The Morgan fingerprint density at radius 3 is 1.70 bits per heavy atom. The molecule has 0 atom stereocenters. The maximum absolute atomic E-state index is 12.2.